The van der Waals surface area contributed by atoms with E-state index in [4.69, 9.17) is 25.9 Å². The number of likely N-dealkylation sites (tertiary alicyclic amines) is 1. The Kier molecular flexibility index (Phi) is 12.4. The van der Waals surface area contributed by atoms with Crippen molar-refractivity contribution in [2.75, 3.05) is 53.0 Å². The molecule has 9 nitrogen and oxygen atoms in total. The Morgan fingerprint density at radius 3 is 2.76 bits per heavy atom. The number of nitrogens with zero attached hydrogens (tertiary/aromatic N) is 3. The second-order valence-corrected chi connectivity index (χ2v) is 10.6. The molecule has 38 heavy (non-hydrogen) atoms. The Morgan fingerprint density at radius 2 is 2.08 bits per heavy atom. The highest BCUT2D eigenvalue weighted by molar-refractivity contribution is 6.30. The van der Waals surface area contributed by atoms with E-state index in [1.54, 1.807) is 5.01 Å². The van der Waals surface area contributed by atoms with Gasteiger partial charge in [0, 0.05) is 56.9 Å². The van der Waals surface area contributed by atoms with Crippen LogP contribution in [0.4, 0.5) is 9.59 Å². The molecule has 1 N–H and O–H groups in total. The zero-order valence-electron chi connectivity index (χ0n) is 23.4. The number of piperidine rings is 1. The monoisotopic (exact) mass is 552 g/mol. The molecule has 0 bridgehead atoms. The third-order valence-corrected chi connectivity index (χ3v) is 7.67. The maximum Gasteiger partial charge on any atom is 0.433 e. The summed E-state index contributed by atoms with van der Waals surface area (Å²) in [5.74, 6) is 0.559. The first-order valence-electron chi connectivity index (χ1n) is 14.0. The van der Waals surface area contributed by atoms with Gasteiger partial charge in [-0.25, -0.2) is 15.0 Å². The molecule has 3 atom stereocenters. The van der Waals surface area contributed by atoms with Crippen LogP contribution in [0.2, 0.25) is 5.02 Å². The minimum Gasteiger partial charge on any atom is -0.451 e. The number of nitrogens with one attached hydrogen (secondary N) is 1. The summed E-state index contributed by atoms with van der Waals surface area (Å²) in [5.41, 5.74) is 5.20. The summed E-state index contributed by atoms with van der Waals surface area (Å²) in [6.45, 7) is 10.4. The summed E-state index contributed by atoms with van der Waals surface area (Å²) >= 11 is 6.37. The van der Waals surface area contributed by atoms with E-state index >= 15 is 0 Å². The maximum atomic E-state index is 13.6. The van der Waals surface area contributed by atoms with Gasteiger partial charge < -0.3 is 14.4 Å². The zero-order valence-corrected chi connectivity index (χ0v) is 24.2. The molecule has 0 aromatic heterocycles. The van der Waals surface area contributed by atoms with Gasteiger partial charge in [-0.05, 0) is 81.5 Å². The van der Waals surface area contributed by atoms with E-state index in [1.807, 2.05) is 43.9 Å². The van der Waals surface area contributed by atoms with Gasteiger partial charge in [0.05, 0.1) is 7.11 Å². The molecular weight excluding hydrogens is 508 g/mol. The number of hydroxylamine groups is 2. The van der Waals surface area contributed by atoms with E-state index in [0.717, 1.165) is 56.4 Å². The van der Waals surface area contributed by atoms with Gasteiger partial charge in [-0.3, -0.25) is 9.85 Å². The number of hydrazine groups is 1. The van der Waals surface area contributed by atoms with Crippen molar-refractivity contribution < 1.29 is 23.9 Å². The van der Waals surface area contributed by atoms with Crippen LogP contribution in [0.25, 0.3) is 0 Å². The van der Waals surface area contributed by atoms with Crippen molar-refractivity contribution in [2.24, 2.45) is 11.8 Å². The highest BCUT2D eigenvalue weighted by Crippen LogP contribution is 2.36. The molecule has 2 aliphatic heterocycles. The highest BCUT2D eigenvalue weighted by atomic mass is 35.5. The van der Waals surface area contributed by atoms with Crippen molar-refractivity contribution in [1.82, 2.24) is 20.4 Å². The zero-order chi connectivity index (χ0) is 27.5. The van der Waals surface area contributed by atoms with Crippen LogP contribution in [0.5, 0.6) is 0 Å². The number of hydrogen-bond acceptors (Lipinski definition) is 6. The van der Waals surface area contributed by atoms with Crippen molar-refractivity contribution in [3.8, 4) is 0 Å². The summed E-state index contributed by atoms with van der Waals surface area (Å²) in [5, 5.41) is 3.61. The number of methoxy groups -OCH3 is 1. The lowest BCUT2D eigenvalue weighted by molar-refractivity contribution is -0.193. The Balaban J connectivity index is 1.73. The lowest BCUT2D eigenvalue weighted by Crippen LogP contribution is -2.53. The molecule has 2 fully saturated rings. The lowest BCUT2D eigenvalue weighted by atomic mass is 9.87. The van der Waals surface area contributed by atoms with Crippen molar-refractivity contribution in [3.05, 3.63) is 34.3 Å². The van der Waals surface area contributed by atoms with Gasteiger partial charge in [0.2, 0.25) is 0 Å². The van der Waals surface area contributed by atoms with E-state index in [2.05, 4.69) is 5.43 Å². The number of hydrogen-bond donors (Lipinski definition) is 1. The Hall–Kier alpha value is -2.07. The number of carbonyl (C=O) groups excluding carboxylic acids is 2. The van der Waals surface area contributed by atoms with Crippen molar-refractivity contribution in [2.45, 2.75) is 65.4 Å². The molecule has 2 aliphatic rings. The molecule has 0 saturated carbocycles. The Bertz CT molecular complexity index is 898. The van der Waals surface area contributed by atoms with Gasteiger partial charge in [-0.1, -0.05) is 24.6 Å². The summed E-state index contributed by atoms with van der Waals surface area (Å²) in [6, 6.07) is 5.68. The SMILES string of the molecule is CCNN(CCCC1CCCOC1)C(=O)N1CCCC([C@@H](ON(CC)C(=O)OC)c2cc(Cl)ccc2C)C1. The van der Waals surface area contributed by atoms with Gasteiger partial charge in [0.25, 0.3) is 0 Å². The topological polar surface area (TPSA) is 83.6 Å². The molecule has 10 heteroatoms. The summed E-state index contributed by atoms with van der Waals surface area (Å²) in [4.78, 5) is 34.2. The first kappa shape index (κ1) is 30.5. The van der Waals surface area contributed by atoms with Gasteiger partial charge in [-0.15, -0.1) is 0 Å². The third kappa shape index (κ3) is 8.46. The van der Waals surface area contributed by atoms with E-state index < -0.39 is 12.2 Å². The largest absolute Gasteiger partial charge is 0.451 e. The molecule has 2 saturated heterocycles. The normalized spacial score (nSPS) is 20.6. The van der Waals surface area contributed by atoms with E-state index in [9.17, 15) is 9.59 Å². The highest BCUT2D eigenvalue weighted by Gasteiger charge is 2.36. The average molecular weight is 553 g/mol. The number of amides is 3. The number of urea groups is 1. The summed E-state index contributed by atoms with van der Waals surface area (Å²) in [7, 11) is 1.34. The van der Waals surface area contributed by atoms with Crippen LogP contribution < -0.4 is 5.43 Å². The quantitative estimate of drug-likeness (QED) is 0.361. The van der Waals surface area contributed by atoms with Crippen LogP contribution in [0.15, 0.2) is 18.2 Å². The molecule has 3 rings (SSSR count). The molecule has 0 radical (unpaired) electrons. The van der Waals surface area contributed by atoms with E-state index in [0.29, 0.717) is 43.7 Å². The fourth-order valence-electron chi connectivity index (χ4n) is 5.41. The Labute approximate surface area is 232 Å². The second kappa shape index (κ2) is 15.5. The molecule has 2 heterocycles. The lowest BCUT2D eigenvalue weighted by Gasteiger charge is -2.40. The molecule has 0 aliphatic carbocycles. The molecule has 3 amide bonds. The van der Waals surface area contributed by atoms with Crippen LogP contribution >= 0.6 is 11.6 Å². The van der Waals surface area contributed by atoms with Crippen molar-refractivity contribution in [1.29, 1.82) is 0 Å². The fraction of sp³-hybridized carbons (Fsp3) is 0.714. The third-order valence-electron chi connectivity index (χ3n) is 7.44. The van der Waals surface area contributed by atoms with E-state index in [-0.39, 0.29) is 11.9 Å². The van der Waals surface area contributed by atoms with Crippen molar-refractivity contribution >= 4 is 23.7 Å². The van der Waals surface area contributed by atoms with Crippen LogP contribution in [-0.4, -0.2) is 80.1 Å². The first-order chi connectivity index (χ1) is 18.4. The van der Waals surface area contributed by atoms with Gasteiger partial charge in [0.1, 0.15) is 6.10 Å². The van der Waals surface area contributed by atoms with Crippen LogP contribution in [0.1, 0.15) is 69.6 Å². The van der Waals surface area contributed by atoms with Gasteiger partial charge in [0.15, 0.2) is 0 Å². The molecule has 214 valence electrons. The summed E-state index contributed by atoms with van der Waals surface area (Å²) < 4.78 is 10.5. The predicted molar refractivity (Wildman–Crippen MR) is 148 cm³/mol. The molecule has 0 spiro atoms. The molecular formula is C28H45ClN4O5. The van der Waals surface area contributed by atoms with E-state index in [1.165, 1.54) is 18.6 Å². The minimum atomic E-state index is -0.553. The average Bonchev–Trinajstić information content (AvgIpc) is 2.94. The van der Waals surface area contributed by atoms with Crippen LogP contribution in [0, 0.1) is 18.8 Å². The molecule has 1 aromatic rings. The number of halogens is 1. The smallest absolute Gasteiger partial charge is 0.433 e. The number of rotatable bonds is 11. The van der Waals surface area contributed by atoms with Crippen LogP contribution in [-0.2, 0) is 14.3 Å². The molecule has 1 aromatic carbocycles. The fourth-order valence-corrected chi connectivity index (χ4v) is 5.59. The number of aryl methyl sites for hydroxylation is 1. The van der Waals surface area contributed by atoms with Crippen molar-refractivity contribution in [3.63, 3.8) is 0 Å². The first-order valence-corrected chi connectivity index (χ1v) is 14.4. The maximum absolute atomic E-state index is 13.6. The Morgan fingerprint density at radius 1 is 1.26 bits per heavy atom. The summed E-state index contributed by atoms with van der Waals surface area (Å²) in [6.07, 6.45) is 5.01. The van der Waals surface area contributed by atoms with Gasteiger partial charge in [-0.2, -0.15) is 5.06 Å². The molecule has 2 unspecified atom stereocenters. The standard InChI is InChI=1S/C28H45ClN4O5/c1-5-30-32(16-7-10-22-11-9-17-37-20-22)27(34)31-15-8-12-23(19-31)26(38-33(6-2)28(35)36-4)25-18-24(29)14-13-21(25)3/h13-14,18,22-23,26,30H,5-12,15-17,19-20H2,1-4H3/t22?,23?,26-/m1/s1. The van der Waals surface area contributed by atoms with Crippen LogP contribution in [0.3, 0.4) is 0 Å². The number of ether oxygens (including phenoxy) is 2. The van der Waals surface area contributed by atoms with Gasteiger partial charge >= 0.3 is 12.1 Å². The number of carbonyl (C=O) groups is 2. The predicted octanol–water partition coefficient (Wildman–Crippen LogP) is 5.57. The minimum absolute atomic E-state index is 0.0154. The second-order valence-electron chi connectivity index (χ2n) is 10.2. The number of benzene rings is 1.